The average molecular weight is 345 g/mol. The molecule has 1 heterocycles. The van der Waals surface area contributed by atoms with Crippen molar-refractivity contribution in [3.05, 3.63) is 0 Å². The molecule has 6 atom stereocenters. The number of hydrogen-bond acceptors (Lipinski definition) is 10. The first-order valence-corrected chi connectivity index (χ1v) is 6.98. The van der Waals surface area contributed by atoms with Gasteiger partial charge in [0.05, 0.1) is 6.07 Å². The predicted octanol–water partition coefficient (Wildman–Crippen LogP) is -0.963. The number of esters is 3. The number of aliphatic hydroxyl groups excluding tert-OH is 1. The van der Waals surface area contributed by atoms with Gasteiger partial charge in [-0.2, -0.15) is 5.26 Å². The Hall–Kier alpha value is -2.22. The fourth-order valence-corrected chi connectivity index (χ4v) is 2.32. The summed E-state index contributed by atoms with van der Waals surface area (Å²) in [6, 6.07) is 1.55. The lowest BCUT2D eigenvalue weighted by Gasteiger charge is -2.44. The highest BCUT2D eigenvalue weighted by atomic mass is 16.7. The number of ether oxygens (including phenoxy) is 5. The molecule has 1 N–H and O–H groups in total. The summed E-state index contributed by atoms with van der Waals surface area (Å²) in [5.74, 6) is -2.24. The summed E-state index contributed by atoms with van der Waals surface area (Å²) in [7, 11) is 1.23. The lowest BCUT2D eigenvalue weighted by molar-refractivity contribution is -0.306. The molecule has 0 unspecified atom stereocenters. The normalized spacial score (nSPS) is 30.6. The molecule has 10 heteroatoms. The zero-order valence-corrected chi connectivity index (χ0v) is 13.6. The van der Waals surface area contributed by atoms with Crippen LogP contribution in [0, 0.1) is 11.3 Å². The Kier molecular flexibility index (Phi) is 7.09. The molecule has 0 saturated carbocycles. The van der Waals surface area contributed by atoms with Crippen LogP contribution in [0.2, 0.25) is 0 Å². The number of aliphatic hydroxyl groups is 1. The van der Waals surface area contributed by atoms with Crippen LogP contribution in [0.5, 0.6) is 0 Å². The number of carbonyl (C=O) groups excluding carboxylic acids is 3. The van der Waals surface area contributed by atoms with E-state index >= 15 is 0 Å². The van der Waals surface area contributed by atoms with Crippen molar-refractivity contribution >= 4 is 17.9 Å². The number of rotatable bonds is 5. The summed E-state index contributed by atoms with van der Waals surface area (Å²) >= 11 is 0. The van der Waals surface area contributed by atoms with E-state index < -0.39 is 54.7 Å². The molecular weight excluding hydrogens is 326 g/mol. The molecular formula is C14H19NO9. The second-order valence-electron chi connectivity index (χ2n) is 5.00. The highest BCUT2D eigenvalue weighted by Gasteiger charge is 2.54. The van der Waals surface area contributed by atoms with E-state index in [2.05, 4.69) is 0 Å². The zero-order chi connectivity index (χ0) is 18.4. The first-order valence-electron chi connectivity index (χ1n) is 6.98. The minimum Gasteiger partial charge on any atom is -0.455 e. The van der Waals surface area contributed by atoms with E-state index in [9.17, 15) is 19.5 Å². The molecule has 0 bridgehead atoms. The summed E-state index contributed by atoms with van der Waals surface area (Å²) in [6.45, 7) is 3.31. The standard InChI is InChI=1S/C14H19NO9/c1-6(16)21-11-10(9(19)5-15)24-14(20-4)13(23-8(3)18)12(11)22-7(2)17/h9-14,19H,1-4H3/t9-,10-,11+,12+,13-,14+/m1/s1. The number of nitrogens with zero attached hydrogens (tertiary/aromatic N) is 1. The van der Waals surface area contributed by atoms with Gasteiger partial charge in [0.15, 0.2) is 30.7 Å². The van der Waals surface area contributed by atoms with Crippen molar-refractivity contribution in [1.82, 2.24) is 0 Å². The van der Waals surface area contributed by atoms with E-state index in [0.29, 0.717) is 0 Å². The van der Waals surface area contributed by atoms with Gasteiger partial charge in [0.2, 0.25) is 0 Å². The van der Waals surface area contributed by atoms with Gasteiger partial charge in [0, 0.05) is 27.9 Å². The topological polar surface area (TPSA) is 141 Å². The largest absolute Gasteiger partial charge is 0.455 e. The minimum atomic E-state index is -1.71. The molecule has 1 aliphatic heterocycles. The van der Waals surface area contributed by atoms with Crippen LogP contribution in [-0.2, 0) is 38.1 Å². The SMILES string of the molecule is CO[C@H]1O[C@H]([C@H](O)C#N)[C@H](OC(C)=O)[C@H](OC(C)=O)[C@H]1OC(C)=O. The molecule has 0 radical (unpaired) electrons. The number of carbonyl (C=O) groups is 3. The molecule has 0 aromatic heterocycles. The van der Waals surface area contributed by atoms with Gasteiger partial charge in [-0.1, -0.05) is 0 Å². The Bertz CT molecular complexity index is 529. The molecule has 0 spiro atoms. The molecule has 1 fully saturated rings. The molecule has 0 aromatic rings. The Balaban J connectivity index is 3.29. The Morgan fingerprint density at radius 3 is 1.88 bits per heavy atom. The van der Waals surface area contributed by atoms with Crippen LogP contribution in [-0.4, -0.2) is 66.9 Å². The smallest absolute Gasteiger partial charge is 0.303 e. The maximum atomic E-state index is 11.4. The number of hydrogen-bond donors (Lipinski definition) is 1. The first-order chi connectivity index (χ1) is 11.2. The Morgan fingerprint density at radius 1 is 1.00 bits per heavy atom. The summed E-state index contributed by atoms with van der Waals surface area (Å²) < 4.78 is 25.6. The second kappa shape index (κ2) is 8.58. The number of methoxy groups -OCH3 is 1. The van der Waals surface area contributed by atoms with Gasteiger partial charge in [-0.25, -0.2) is 0 Å². The summed E-state index contributed by atoms with van der Waals surface area (Å²) in [6.07, 6.45) is -8.30. The van der Waals surface area contributed by atoms with Crippen molar-refractivity contribution in [2.75, 3.05) is 7.11 Å². The van der Waals surface area contributed by atoms with Gasteiger partial charge in [0.1, 0.15) is 6.10 Å². The van der Waals surface area contributed by atoms with Crippen LogP contribution in [0.3, 0.4) is 0 Å². The molecule has 0 aliphatic carbocycles. The molecule has 1 rings (SSSR count). The van der Waals surface area contributed by atoms with Crippen LogP contribution in [0.4, 0.5) is 0 Å². The van der Waals surface area contributed by atoms with Crippen LogP contribution in [0.25, 0.3) is 0 Å². The number of nitriles is 1. The third kappa shape index (κ3) is 4.89. The monoisotopic (exact) mass is 345 g/mol. The van der Waals surface area contributed by atoms with E-state index in [-0.39, 0.29) is 0 Å². The highest BCUT2D eigenvalue weighted by molar-refractivity contribution is 5.68. The van der Waals surface area contributed by atoms with Crippen LogP contribution in [0.1, 0.15) is 20.8 Å². The van der Waals surface area contributed by atoms with Crippen molar-refractivity contribution in [2.45, 2.75) is 57.6 Å². The van der Waals surface area contributed by atoms with Gasteiger partial charge >= 0.3 is 17.9 Å². The van der Waals surface area contributed by atoms with Crippen molar-refractivity contribution in [2.24, 2.45) is 0 Å². The zero-order valence-electron chi connectivity index (χ0n) is 13.6. The highest BCUT2D eigenvalue weighted by Crippen LogP contribution is 2.30. The van der Waals surface area contributed by atoms with Crippen LogP contribution >= 0.6 is 0 Å². The average Bonchev–Trinajstić information content (AvgIpc) is 2.48. The molecule has 1 aliphatic rings. The van der Waals surface area contributed by atoms with Gasteiger partial charge in [-0.15, -0.1) is 0 Å². The summed E-state index contributed by atoms with van der Waals surface area (Å²) in [5, 5.41) is 18.7. The Morgan fingerprint density at radius 2 is 1.46 bits per heavy atom. The van der Waals surface area contributed by atoms with Crippen molar-refractivity contribution in [3.8, 4) is 6.07 Å². The molecule has 10 nitrogen and oxygen atoms in total. The van der Waals surface area contributed by atoms with Gasteiger partial charge in [0.25, 0.3) is 0 Å². The van der Waals surface area contributed by atoms with Gasteiger partial charge in [-0.05, 0) is 0 Å². The molecule has 134 valence electrons. The summed E-state index contributed by atoms with van der Waals surface area (Å²) in [5.41, 5.74) is 0. The van der Waals surface area contributed by atoms with Crippen molar-refractivity contribution in [1.29, 1.82) is 5.26 Å². The fourth-order valence-electron chi connectivity index (χ4n) is 2.32. The summed E-state index contributed by atoms with van der Waals surface area (Å²) in [4.78, 5) is 34.1. The van der Waals surface area contributed by atoms with E-state index in [0.717, 1.165) is 20.8 Å². The quantitative estimate of drug-likeness (QED) is 0.376. The molecule has 0 aromatic carbocycles. The molecule has 24 heavy (non-hydrogen) atoms. The minimum absolute atomic E-state index is 0.719. The fraction of sp³-hybridized carbons (Fsp3) is 0.714. The van der Waals surface area contributed by atoms with Gasteiger partial charge in [-0.3, -0.25) is 14.4 Å². The third-order valence-electron chi connectivity index (χ3n) is 3.11. The lowest BCUT2D eigenvalue weighted by atomic mass is 9.95. The second-order valence-corrected chi connectivity index (χ2v) is 5.00. The van der Waals surface area contributed by atoms with Crippen LogP contribution < -0.4 is 0 Å². The van der Waals surface area contributed by atoms with E-state index in [1.54, 1.807) is 6.07 Å². The van der Waals surface area contributed by atoms with E-state index in [1.165, 1.54) is 7.11 Å². The van der Waals surface area contributed by atoms with Gasteiger partial charge < -0.3 is 28.8 Å². The van der Waals surface area contributed by atoms with Crippen molar-refractivity contribution < 1.29 is 43.2 Å². The molecule has 0 amide bonds. The van der Waals surface area contributed by atoms with Crippen molar-refractivity contribution in [3.63, 3.8) is 0 Å². The maximum absolute atomic E-state index is 11.4. The van der Waals surface area contributed by atoms with Crippen LogP contribution in [0.15, 0.2) is 0 Å². The Labute approximate surface area is 138 Å². The first kappa shape index (κ1) is 19.8. The maximum Gasteiger partial charge on any atom is 0.303 e. The van der Waals surface area contributed by atoms with E-state index in [1.807, 2.05) is 0 Å². The molecule has 1 saturated heterocycles. The predicted molar refractivity (Wildman–Crippen MR) is 74.0 cm³/mol. The lowest BCUT2D eigenvalue weighted by Crippen LogP contribution is -2.64. The van der Waals surface area contributed by atoms with E-state index in [4.69, 9.17) is 28.9 Å². The third-order valence-corrected chi connectivity index (χ3v) is 3.11.